The second kappa shape index (κ2) is 9.41. The Morgan fingerprint density at radius 2 is 2.17 bits per heavy atom. The first kappa shape index (κ1) is 10.1. The van der Waals surface area contributed by atoms with Crippen molar-refractivity contribution in [3.63, 3.8) is 0 Å². The van der Waals surface area contributed by atoms with Crippen molar-refractivity contribution in [2.45, 2.75) is 0 Å². The molecule has 3 heteroatoms. The van der Waals surface area contributed by atoms with E-state index < -0.39 is 0 Å². The Morgan fingerprint density at radius 1 is 1.67 bits per heavy atom. The number of nitrogens with two attached hydrogens (primary N) is 1. The predicted molar refractivity (Wildman–Crippen MR) is 27.4 cm³/mol. The normalized spacial score (nSPS) is 7.00. The molecule has 0 fully saturated rings. The van der Waals surface area contributed by atoms with Gasteiger partial charge in [0.15, 0.2) is 0 Å². The van der Waals surface area contributed by atoms with Crippen molar-refractivity contribution in [3.8, 4) is 0 Å². The molecular weight excluding hydrogens is 279 g/mol. The minimum atomic E-state index is 0. The third kappa shape index (κ3) is 8.90. The average Bonchev–Trinajstić information content (AvgIpc) is 1.41. The third-order valence-electron chi connectivity index (χ3n) is 0.322. The standard InChI is InChI=1S/C3H9NS.Au/c1-5-3-2-4;/h2-4H2,1H3;. The number of hydrogen-bond donors (Lipinski definition) is 1. The van der Waals surface area contributed by atoms with Crippen LogP contribution < -0.4 is 5.73 Å². The molecule has 1 nitrogen and oxygen atoms in total. The fraction of sp³-hybridized carbons (Fsp3) is 1.00. The van der Waals surface area contributed by atoms with Crippen molar-refractivity contribution in [1.29, 1.82) is 0 Å². The Kier molecular flexibility index (Phi) is 15.9. The predicted octanol–water partition coefficient (Wildman–Crippen LogP) is 0.306. The van der Waals surface area contributed by atoms with E-state index in [1.165, 1.54) is 0 Å². The maximum absolute atomic E-state index is 5.12. The zero-order valence-electron chi connectivity index (χ0n) is 3.70. The molecule has 0 atom stereocenters. The number of hydrogen-bond acceptors (Lipinski definition) is 2. The van der Waals surface area contributed by atoms with E-state index in [9.17, 15) is 0 Å². The van der Waals surface area contributed by atoms with Crippen LogP contribution in [0.1, 0.15) is 0 Å². The van der Waals surface area contributed by atoms with Gasteiger partial charge in [-0.05, 0) is 6.26 Å². The molecule has 0 saturated carbocycles. The van der Waals surface area contributed by atoms with Crippen molar-refractivity contribution in [2.24, 2.45) is 5.73 Å². The van der Waals surface area contributed by atoms with E-state index >= 15 is 0 Å². The summed E-state index contributed by atoms with van der Waals surface area (Å²) in [4.78, 5) is 0. The maximum atomic E-state index is 5.12. The summed E-state index contributed by atoms with van der Waals surface area (Å²) in [6, 6.07) is 0. The molecule has 0 unspecified atom stereocenters. The van der Waals surface area contributed by atoms with Gasteiger partial charge in [-0.3, -0.25) is 0 Å². The summed E-state index contributed by atoms with van der Waals surface area (Å²) in [5.41, 5.74) is 5.12. The Bertz CT molecular complexity index is 18.3. The summed E-state index contributed by atoms with van der Waals surface area (Å²) < 4.78 is 0. The van der Waals surface area contributed by atoms with Crippen molar-refractivity contribution >= 4 is 11.8 Å². The van der Waals surface area contributed by atoms with Crippen LogP contribution in [0.25, 0.3) is 0 Å². The van der Waals surface area contributed by atoms with Crippen LogP contribution in [-0.4, -0.2) is 18.6 Å². The molecule has 0 rings (SSSR count). The molecule has 0 bridgehead atoms. The van der Waals surface area contributed by atoms with Gasteiger partial charge in [0.25, 0.3) is 0 Å². The van der Waals surface area contributed by atoms with Crippen molar-refractivity contribution in [3.05, 3.63) is 0 Å². The van der Waals surface area contributed by atoms with Gasteiger partial charge in [0.1, 0.15) is 0 Å². The minimum absolute atomic E-state index is 0. The van der Waals surface area contributed by atoms with E-state index in [1.54, 1.807) is 11.8 Å². The molecule has 0 aliphatic carbocycles. The van der Waals surface area contributed by atoms with Gasteiger partial charge in [-0.1, -0.05) is 0 Å². The van der Waals surface area contributed by atoms with Crippen molar-refractivity contribution < 1.29 is 22.4 Å². The summed E-state index contributed by atoms with van der Waals surface area (Å²) >= 11 is 1.78. The van der Waals surface area contributed by atoms with Gasteiger partial charge < -0.3 is 5.73 Å². The van der Waals surface area contributed by atoms with Crippen LogP contribution in [0.15, 0.2) is 0 Å². The minimum Gasteiger partial charge on any atom is -0.330 e. The van der Waals surface area contributed by atoms with Crippen LogP contribution in [0.4, 0.5) is 0 Å². The van der Waals surface area contributed by atoms with Gasteiger partial charge in [0.2, 0.25) is 0 Å². The van der Waals surface area contributed by atoms with Gasteiger partial charge in [-0.15, -0.1) is 0 Å². The quantitative estimate of drug-likeness (QED) is 0.740. The number of thioether (sulfide) groups is 1. The molecule has 2 N–H and O–H groups in total. The van der Waals surface area contributed by atoms with E-state index in [-0.39, 0.29) is 22.4 Å². The van der Waals surface area contributed by atoms with E-state index in [2.05, 4.69) is 0 Å². The molecule has 0 aromatic heterocycles. The fourth-order valence-corrected chi connectivity index (χ4v) is 0.354. The molecule has 43 valence electrons. The zero-order chi connectivity index (χ0) is 4.12. The molecule has 0 heterocycles. The van der Waals surface area contributed by atoms with Crippen molar-refractivity contribution in [2.75, 3.05) is 18.6 Å². The first-order valence-electron chi connectivity index (χ1n) is 1.61. The Labute approximate surface area is 58.6 Å². The Balaban J connectivity index is 0. The molecule has 0 aliphatic rings. The van der Waals surface area contributed by atoms with Crippen molar-refractivity contribution in [1.82, 2.24) is 0 Å². The summed E-state index contributed by atoms with van der Waals surface area (Å²) in [6.07, 6.45) is 2.05. The Hall–Kier alpha value is 1.05. The smallest absolute Gasteiger partial charge is 0.00530 e. The van der Waals surface area contributed by atoms with Crippen LogP contribution in [0.3, 0.4) is 0 Å². The van der Waals surface area contributed by atoms with Gasteiger partial charge in [-0.25, -0.2) is 0 Å². The summed E-state index contributed by atoms with van der Waals surface area (Å²) in [7, 11) is 0. The summed E-state index contributed by atoms with van der Waals surface area (Å²) in [5, 5.41) is 0. The first-order chi connectivity index (χ1) is 2.41. The monoisotopic (exact) mass is 288 g/mol. The molecule has 1 radical (unpaired) electrons. The summed E-state index contributed by atoms with van der Waals surface area (Å²) in [6.45, 7) is 0.807. The van der Waals surface area contributed by atoms with Gasteiger partial charge >= 0.3 is 0 Å². The van der Waals surface area contributed by atoms with Crippen LogP contribution in [-0.2, 0) is 22.4 Å². The van der Waals surface area contributed by atoms with Gasteiger partial charge in [0, 0.05) is 34.7 Å². The largest absolute Gasteiger partial charge is 0.330 e. The van der Waals surface area contributed by atoms with E-state index in [0.717, 1.165) is 12.3 Å². The van der Waals surface area contributed by atoms with E-state index in [0.29, 0.717) is 0 Å². The molecule has 0 aromatic rings. The second-order valence-electron chi connectivity index (χ2n) is 0.781. The molecular formula is C3H9AuNS. The molecule has 0 aromatic carbocycles. The fourth-order valence-electron chi connectivity index (χ4n) is 0.118. The van der Waals surface area contributed by atoms with E-state index in [1.807, 2.05) is 6.26 Å². The van der Waals surface area contributed by atoms with Gasteiger partial charge in [-0.2, -0.15) is 11.8 Å². The molecule has 0 aliphatic heterocycles. The Morgan fingerprint density at radius 3 is 2.17 bits per heavy atom. The van der Waals surface area contributed by atoms with E-state index in [4.69, 9.17) is 5.73 Å². The van der Waals surface area contributed by atoms with Gasteiger partial charge in [0.05, 0.1) is 0 Å². The van der Waals surface area contributed by atoms with Crippen LogP contribution in [0.2, 0.25) is 0 Å². The summed E-state index contributed by atoms with van der Waals surface area (Å²) in [5.74, 6) is 1.08. The van der Waals surface area contributed by atoms with Crippen LogP contribution >= 0.6 is 11.8 Å². The zero-order valence-corrected chi connectivity index (χ0v) is 6.68. The first-order valence-corrected chi connectivity index (χ1v) is 3.00. The molecule has 6 heavy (non-hydrogen) atoms. The molecule has 0 amide bonds. The molecule has 0 spiro atoms. The number of rotatable bonds is 2. The van der Waals surface area contributed by atoms with Crippen LogP contribution in [0.5, 0.6) is 0 Å². The average molecular weight is 288 g/mol. The second-order valence-corrected chi connectivity index (χ2v) is 1.77. The maximum Gasteiger partial charge on any atom is 0.00530 e. The SMILES string of the molecule is CSCCN.[Au]. The molecule has 0 saturated heterocycles. The van der Waals surface area contributed by atoms with Crippen LogP contribution in [0, 0.1) is 0 Å². The third-order valence-corrected chi connectivity index (χ3v) is 0.966. The topological polar surface area (TPSA) is 26.0 Å².